The molecule has 0 radical (unpaired) electrons. The minimum atomic E-state index is -0.851. The Morgan fingerprint density at radius 2 is 1.79 bits per heavy atom. The van der Waals surface area contributed by atoms with E-state index in [-0.39, 0.29) is 5.78 Å². The van der Waals surface area contributed by atoms with Crippen LogP contribution in [-0.4, -0.2) is 22.8 Å². The first-order valence-corrected chi connectivity index (χ1v) is 7.86. The predicted molar refractivity (Wildman–Crippen MR) is 93.4 cm³/mol. The van der Waals surface area contributed by atoms with Crippen LogP contribution in [0.3, 0.4) is 0 Å². The summed E-state index contributed by atoms with van der Waals surface area (Å²) in [5.74, 6) is -0.692. The van der Waals surface area contributed by atoms with Gasteiger partial charge in [-0.2, -0.15) is 0 Å². The number of aryl methyl sites for hydroxylation is 2. The zero-order chi connectivity index (χ0) is 17.3. The maximum atomic E-state index is 12.8. The van der Waals surface area contributed by atoms with Gasteiger partial charge in [0.05, 0.1) is 5.56 Å². The number of H-pyrrole nitrogens is 1. The average molecular weight is 321 g/mol. The quantitative estimate of drug-likeness (QED) is 0.578. The number of rotatable bonds is 4. The SMILES string of the molecule is Cc1cccc(C(=O)O[C@H](C)C(=O)c2c(C)[nH]c3ccccc23)c1. The van der Waals surface area contributed by atoms with Crippen LogP contribution in [0.2, 0.25) is 0 Å². The summed E-state index contributed by atoms with van der Waals surface area (Å²) in [6.07, 6.45) is -0.851. The molecule has 122 valence electrons. The summed E-state index contributed by atoms with van der Waals surface area (Å²) < 4.78 is 5.38. The van der Waals surface area contributed by atoms with Gasteiger partial charge >= 0.3 is 5.97 Å². The number of nitrogens with one attached hydrogen (secondary N) is 1. The molecule has 3 aromatic rings. The van der Waals surface area contributed by atoms with Gasteiger partial charge in [-0.25, -0.2) is 4.79 Å². The molecule has 1 aromatic heterocycles. The molecule has 1 N–H and O–H groups in total. The Balaban J connectivity index is 1.84. The molecule has 0 saturated heterocycles. The van der Waals surface area contributed by atoms with Crippen molar-refractivity contribution in [2.24, 2.45) is 0 Å². The van der Waals surface area contributed by atoms with Gasteiger partial charge in [0, 0.05) is 22.2 Å². The fourth-order valence-corrected chi connectivity index (χ4v) is 2.85. The predicted octanol–water partition coefficient (Wildman–Crippen LogP) is 4.21. The van der Waals surface area contributed by atoms with Crippen LogP contribution < -0.4 is 0 Å². The van der Waals surface area contributed by atoms with Crippen LogP contribution in [0.15, 0.2) is 48.5 Å². The van der Waals surface area contributed by atoms with Crippen molar-refractivity contribution in [2.75, 3.05) is 0 Å². The summed E-state index contributed by atoms with van der Waals surface area (Å²) in [4.78, 5) is 28.2. The van der Waals surface area contributed by atoms with Gasteiger partial charge in [-0.05, 0) is 39.0 Å². The summed E-state index contributed by atoms with van der Waals surface area (Å²) in [6, 6.07) is 14.7. The molecule has 2 aromatic carbocycles. The molecule has 0 amide bonds. The third kappa shape index (κ3) is 2.95. The van der Waals surface area contributed by atoms with Gasteiger partial charge < -0.3 is 9.72 Å². The molecule has 1 atom stereocenters. The molecular formula is C20H19NO3. The number of hydrogen-bond donors (Lipinski definition) is 1. The molecule has 0 bridgehead atoms. The third-order valence-electron chi connectivity index (χ3n) is 4.05. The highest BCUT2D eigenvalue weighted by Gasteiger charge is 2.24. The number of Topliss-reactive ketones (excluding diaryl/α,β-unsaturated/α-hetero) is 1. The number of ether oxygens (including phenoxy) is 1. The van der Waals surface area contributed by atoms with E-state index >= 15 is 0 Å². The highest BCUT2D eigenvalue weighted by molar-refractivity contribution is 6.11. The third-order valence-corrected chi connectivity index (χ3v) is 4.05. The number of fused-ring (bicyclic) bond motifs is 1. The van der Waals surface area contributed by atoms with E-state index in [0.29, 0.717) is 11.1 Å². The molecule has 0 saturated carbocycles. The van der Waals surface area contributed by atoms with E-state index in [1.165, 1.54) is 0 Å². The average Bonchev–Trinajstić information content (AvgIpc) is 2.89. The molecular weight excluding hydrogens is 302 g/mol. The van der Waals surface area contributed by atoms with Crippen molar-refractivity contribution in [2.45, 2.75) is 26.9 Å². The van der Waals surface area contributed by atoms with Crippen LogP contribution in [0.25, 0.3) is 10.9 Å². The zero-order valence-electron chi connectivity index (χ0n) is 13.9. The number of carbonyl (C=O) groups is 2. The standard InChI is InChI=1S/C20H19NO3/c1-12-7-6-8-15(11-12)20(23)24-14(3)19(22)18-13(2)21-17-10-5-4-9-16(17)18/h4-11,14,21H,1-3H3/t14-/m1/s1. The van der Waals surface area contributed by atoms with E-state index in [4.69, 9.17) is 4.74 Å². The van der Waals surface area contributed by atoms with Crippen LogP contribution in [0, 0.1) is 13.8 Å². The van der Waals surface area contributed by atoms with Crippen LogP contribution in [0.4, 0.5) is 0 Å². The first-order valence-electron chi connectivity index (χ1n) is 7.86. The normalized spacial score (nSPS) is 12.1. The van der Waals surface area contributed by atoms with Crippen LogP contribution in [0.5, 0.6) is 0 Å². The fraction of sp³-hybridized carbons (Fsp3) is 0.200. The van der Waals surface area contributed by atoms with E-state index in [0.717, 1.165) is 22.2 Å². The van der Waals surface area contributed by atoms with Gasteiger partial charge in [0.25, 0.3) is 0 Å². The maximum absolute atomic E-state index is 12.8. The Morgan fingerprint density at radius 1 is 1.04 bits per heavy atom. The summed E-state index contributed by atoms with van der Waals surface area (Å²) in [5.41, 5.74) is 3.67. The van der Waals surface area contributed by atoms with Gasteiger partial charge in [-0.3, -0.25) is 4.79 Å². The maximum Gasteiger partial charge on any atom is 0.338 e. The van der Waals surface area contributed by atoms with Crippen molar-refractivity contribution in [1.82, 2.24) is 4.98 Å². The Bertz CT molecular complexity index is 924. The molecule has 4 nitrogen and oxygen atoms in total. The van der Waals surface area contributed by atoms with E-state index in [1.807, 2.05) is 44.2 Å². The monoisotopic (exact) mass is 321 g/mol. The number of aromatic nitrogens is 1. The lowest BCUT2D eigenvalue weighted by molar-refractivity contribution is 0.0319. The topological polar surface area (TPSA) is 59.2 Å². The fourth-order valence-electron chi connectivity index (χ4n) is 2.85. The second-order valence-corrected chi connectivity index (χ2v) is 5.95. The van der Waals surface area contributed by atoms with Gasteiger partial charge in [0.15, 0.2) is 6.10 Å². The lowest BCUT2D eigenvalue weighted by Crippen LogP contribution is -2.25. The minimum absolute atomic E-state index is 0.203. The molecule has 4 heteroatoms. The van der Waals surface area contributed by atoms with Crippen molar-refractivity contribution in [3.8, 4) is 0 Å². The Kier molecular flexibility index (Phi) is 4.21. The van der Waals surface area contributed by atoms with Crippen molar-refractivity contribution >= 4 is 22.7 Å². The summed E-state index contributed by atoms with van der Waals surface area (Å²) >= 11 is 0. The van der Waals surface area contributed by atoms with Crippen molar-refractivity contribution in [1.29, 1.82) is 0 Å². The number of para-hydroxylation sites is 1. The van der Waals surface area contributed by atoms with E-state index in [2.05, 4.69) is 4.98 Å². The van der Waals surface area contributed by atoms with Crippen LogP contribution >= 0.6 is 0 Å². The second kappa shape index (κ2) is 6.32. The van der Waals surface area contributed by atoms with Crippen molar-refractivity contribution < 1.29 is 14.3 Å². The number of benzene rings is 2. The number of esters is 1. The number of aromatic amines is 1. The highest BCUT2D eigenvalue weighted by atomic mass is 16.5. The molecule has 0 fully saturated rings. The molecule has 24 heavy (non-hydrogen) atoms. The van der Waals surface area contributed by atoms with Crippen molar-refractivity contribution in [3.63, 3.8) is 0 Å². The first-order chi connectivity index (χ1) is 11.5. The molecule has 0 aliphatic carbocycles. The summed E-state index contributed by atoms with van der Waals surface area (Å²) in [6.45, 7) is 5.36. The molecule has 0 spiro atoms. The smallest absolute Gasteiger partial charge is 0.338 e. The molecule has 0 aliphatic heterocycles. The van der Waals surface area contributed by atoms with Crippen LogP contribution in [0.1, 0.15) is 38.9 Å². The number of hydrogen-bond acceptors (Lipinski definition) is 3. The number of carbonyl (C=O) groups excluding carboxylic acids is 2. The van der Waals surface area contributed by atoms with Crippen molar-refractivity contribution in [3.05, 3.63) is 70.9 Å². The lowest BCUT2D eigenvalue weighted by atomic mass is 10.0. The lowest BCUT2D eigenvalue weighted by Gasteiger charge is -2.13. The molecule has 0 unspecified atom stereocenters. The van der Waals surface area contributed by atoms with Gasteiger partial charge in [-0.1, -0.05) is 35.9 Å². The first kappa shape index (κ1) is 16.0. The number of ketones is 1. The largest absolute Gasteiger partial charge is 0.451 e. The highest BCUT2D eigenvalue weighted by Crippen LogP contribution is 2.24. The van der Waals surface area contributed by atoms with Gasteiger partial charge in [0.2, 0.25) is 5.78 Å². The van der Waals surface area contributed by atoms with E-state index in [1.54, 1.807) is 25.1 Å². The molecule has 3 rings (SSSR count). The van der Waals surface area contributed by atoms with E-state index < -0.39 is 12.1 Å². The van der Waals surface area contributed by atoms with E-state index in [9.17, 15) is 9.59 Å². The Morgan fingerprint density at radius 3 is 2.54 bits per heavy atom. The summed E-state index contributed by atoms with van der Waals surface area (Å²) in [7, 11) is 0. The Labute approximate surface area is 140 Å². The van der Waals surface area contributed by atoms with Gasteiger partial charge in [0.1, 0.15) is 0 Å². The van der Waals surface area contributed by atoms with Gasteiger partial charge in [-0.15, -0.1) is 0 Å². The zero-order valence-corrected chi connectivity index (χ0v) is 13.9. The van der Waals surface area contributed by atoms with Crippen LogP contribution in [-0.2, 0) is 4.74 Å². The molecule has 0 aliphatic rings. The minimum Gasteiger partial charge on any atom is -0.451 e. The molecule has 1 heterocycles. The summed E-state index contributed by atoms with van der Waals surface area (Å²) in [5, 5.41) is 0.846. The second-order valence-electron chi connectivity index (χ2n) is 5.95. The Hall–Kier alpha value is -2.88.